The first-order valence-corrected chi connectivity index (χ1v) is 6.32. The van der Waals surface area contributed by atoms with Crippen molar-refractivity contribution in [1.29, 1.82) is 0 Å². The van der Waals surface area contributed by atoms with Gasteiger partial charge in [-0.2, -0.15) is 0 Å². The molecular formula is C13H19N3O. The van der Waals surface area contributed by atoms with Gasteiger partial charge in [-0.15, -0.1) is 0 Å². The number of hydrogen-bond donors (Lipinski definition) is 1. The van der Waals surface area contributed by atoms with Crippen LogP contribution < -0.4 is 10.5 Å². The molecule has 17 heavy (non-hydrogen) atoms. The number of nitrogens with zero attached hydrogens (tertiary/aromatic N) is 2. The quantitative estimate of drug-likeness (QED) is 0.844. The third-order valence-corrected chi connectivity index (χ3v) is 4.10. The van der Waals surface area contributed by atoms with E-state index in [4.69, 9.17) is 10.5 Å². The summed E-state index contributed by atoms with van der Waals surface area (Å²) in [4.78, 5) is 6.71. The van der Waals surface area contributed by atoms with Gasteiger partial charge in [0.1, 0.15) is 6.10 Å². The fourth-order valence-corrected chi connectivity index (χ4v) is 3.09. The first-order chi connectivity index (χ1) is 8.22. The standard InChI is InChI=1S/C13H19N3O/c1-16-10-3-4-11(16)7-12(6-10)17-13-5-2-9(14)8-15-13/h2,5,8,10-12H,3-4,6-7,14H2,1H3/t10-,11+,12-. The molecule has 0 unspecified atom stereocenters. The number of aromatic nitrogens is 1. The van der Waals surface area contributed by atoms with Crippen LogP contribution in [0.5, 0.6) is 5.88 Å². The van der Waals surface area contributed by atoms with Crippen LogP contribution >= 0.6 is 0 Å². The predicted octanol–water partition coefficient (Wildman–Crippen LogP) is 1.67. The fraction of sp³-hybridized carbons (Fsp3) is 0.615. The zero-order valence-electron chi connectivity index (χ0n) is 10.2. The fourth-order valence-electron chi connectivity index (χ4n) is 3.09. The molecule has 4 heteroatoms. The van der Waals surface area contributed by atoms with E-state index < -0.39 is 0 Å². The third-order valence-electron chi connectivity index (χ3n) is 4.10. The van der Waals surface area contributed by atoms with E-state index >= 15 is 0 Å². The van der Waals surface area contributed by atoms with Crippen LogP contribution in [0, 0.1) is 0 Å². The van der Waals surface area contributed by atoms with Gasteiger partial charge in [0.25, 0.3) is 0 Å². The summed E-state index contributed by atoms with van der Waals surface area (Å²) in [6, 6.07) is 5.10. The van der Waals surface area contributed by atoms with Gasteiger partial charge < -0.3 is 15.4 Å². The summed E-state index contributed by atoms with van der Waals surface area (Å²) in [5.41, 5.74) is 6.29. The van der Waals surface area contributed by atoms with Gasteiger partial charge in [-0.3, -0.25) is 0 Å². The van der Waals surface area contributed by atoms with Crippen molar-refractivity contribution in [3.05, 3.63) is 18.3 Å². The van der Waals surface area contributed by atoms with E-state index in [2.05, 4.69) is 16.9 Å². The number of nitrogens with two attached hydrogens (primary N) is 1. The van der Waals surface area contributed by atoms with Gasteiger partial charge in [-0.1, -0.05) is 0 Å². The first-order valence-electron chi connectivity index (χ1n) is 6.32. The molecule has 3 rings (SSSR count). The number of ether oxygens (including phenoxy) is 1. The first kappa shape index (κ1) is 10.8. The minimum atomic E-state index is 0.319. The van der Waals surface area contributed by atoms with Crippen LogP contribution in [0.25, 0.3) is 0 Å². The van der Waals surface area contributed by atoms with Crippen molar-refractivity contribution >= 4 is 5.69 Å². The van der Waals surface area contributed by atoms with Crippen molar-refractivity contribution in [1.82, 2.24) is 9.88 Å². The molecule has 2 aliphatic heterocycles. The van der Waals surface area contributed by atoms with E-state index in [1.54, 1.807) is 6.20 Å². The van der Waals surface area contributed by atoms with Gasteiger partial charge in [-0.25, -0.2) is 4.98 Å². The molecule has 0 aromatic carbocycles. The van der Waals surface area contributed by atoms with Crippen LogP contribution in [0.4, 0.5) is 5.69 Å². The summed E-state index contributed by atoms with van der Waals surface area (Å²) >= 11 is 0. The van der Waals surface area contributed by atoms with Gasteiger partial charge in [0.15, 0.2) is 0 Å². The normalized spacial score (nSPS) is 32.6. The molecule has 2 N–H and O–H groups in total. The zero-order valence-corrected chi connectivity index (χ0v) is 10.2. The number of hydrogen-bond acceptors (Lipinski definition) is 4. The molecule has 0 aliphatic carbocycles. The Morgan fingerprint density at radius 3 is 2.59 bits per heavy atom. The lowest BCUT2D eigenvalue weighted by atomic mass is 10.0. The Bertz CT molecular complexity index is 378. The molecule has 0 spiro atoms. The summed E-state index contributed by atoms with van der Waals surface area (Å²) in [5.74, 6) is 0.702. The van der Waals surface area contributed by atoms with E-state index in [1.807, 2.05) is 12.1 Å². The Morgan fingerprint density at radius 2 is 2.00 bits per heavy atom. The van der Waals surface area contributed by atoms with E-state index in [0.29, 0.717) is 29.8 Å². The SMILES string of the molecule is CN1[C@@H]2CC[C@H]1C[C@H](Oc1ccc(N)cn1)C2. The predicted molar refractivity (Wildman–Crippen MR) is 66.9 cm³/mol. The van der Waals surface area contributed by atoms with Gasteiger partial charge in [0, 0.05) is 18.2 Å². The van der Waals surface area contributed by atoms with E-state index in [-0.39, 0.29) is 0 Å². The third kappa shape index (κ3) is 2.09. The summed E-state index contributed by atoms with van der Waals surface area (Å²) in [5, 5.41) is 0. The van der Waals surface area contributed by atoms with Gasteiger partial charge in [0.05, 0.1) is 11.9 Å². The van der Waals surface area contributed by atoms with E-state index in [9.17, 15) is 0 Å². The maximum absolute atomic E-state index is 5.95. The van der Waals surface area contributed by atoms with E-state index in [1.165, 1.54) is 12.8 Å². The Labute approximate surface area is 102 Å². The Kier molecular flexibility index (Phi) is 2.67. The summed E-state index contributed by atoms with van der Waals surface area (Å²) in [7, 11) is 2.24. The number of rotatable bonds is 2. The van der Waals surface area contributed by atoms with Crippen molar-refractivity contribution in [3.8, 4) is 5.88 Å². The number of nitrogen functional groups attached to an aromatic ring is 1. The lowest BCUT2D eigenvalue weighted by Gasteiger charge is -2.36. The molecule has 0 radical (unpaired) electrons. The van der Waals surface area contributed by atoms with Crippen LogP contribution in [0.15, 0.2) is 18.3 Å². The summed E-state index contributed by atoms with van der Waals surface area (Å²) < 4.78 is 5.95. The van der Waals surface area contributed by atoms with Crippen LogP contribution in [0.1, 0.15) is 25.7 Å². The Hall–Kier alpha value is -1.29. The molecule has 0 amide bonds. The number of fused-ring (bicyclic) bond motifs is 2. The molecule has 2 bridgehead atoms. The molecule has 92 valence electrons. The lowest BCUT2D eigenvalue weighted by Crippen LogP contribution is -2.43. The summed E-state index contributed by atoms with van der Waals surface area (Å²) in [6.45, 7) is 0. The molecule has 3 atom stereocenters. The molecule has 2 saturated heterocycles. The number of anilines is 1. The second-order valence-electron chi connectivity index (χ2n) is 5.19. The van der Waals surface area contributed by atoms with Gasteiger partial charge in [-0.05, 0) is 38.8 Å². The van der Waals surface area contributed by atoms with Crippen LogP contribution in [0.3, 0.4) is 0 Å². The Balaban J connectivity index is 1.65. The molecule has 0 saturated carbocycles. The highest BCUT2D eigenvalue weighted by molar-refractivity contribution is 5.36. The molecular weight excluding hydrogens is 214 g/mol. The molecule has 2 fully saturated rings. The molecule has 3 heterocycles. The topological polar surface area (TPSA) is 51.4 Å². The van der Waals surface area contributed by atoms with Crippen molar-refractivity contribution < 1.29 is 4.74 Å². The monoisotopic (exact) mass is 233 g/mol. The van der Waals surface area contributed by atoms with Crippen LogP contribution in [-0.2, 0) is 0 Å². The maximum Gasteiger partial charge on any atom is 0.213 e. The molecule has 1 aromatic heterocycles. The number of pyridine rings is 1. The van der Waals surface area contributed by atoms with Crippen molar-refractivity contribution in [3.63, 3.8) is 0 Å². The number of piperidine rings is 1. The van der Waals surface area contributed by atoms with Crippen LogP contribution in [-0.4, -0.2) is 35.1 Å². The molecule has 4 nitrogen and oxygen atoms in total. The highest BCUT2D eigenvalue weighted by Gasteiger charge is 2.39. The second kappa shape index (κ2) is 4.18. The Morgan fingerprint density at radius 1 is 1.29 bits per heavy atom. The average molecular weight is 233 g/mol. The van der Waals surface area contributed by atoms with Crippen molar-refractivity contribution in [2.75, 3.05) is 12.8 Å². The van der Waals surface area contributed by atoms with Crippen LogP contribution in [0.2, 0.25) is 0 Å². The molecule has 2 aliphatic rings. The highest BCUT2D eigenvalue weighted by Crippen LogP contribution is 2.35. The lowest BCUT2D eigenvalue weighted by molar-refractivity contribution is 0.0633. The smallest absolute Gasteiger partial charge is 0.213 e. The maximum atomic E-state index is 5.95. The van der Waals surface area contributed by atoms with Crippen molar-refractivity contribution in [2.24, 2.45) is 0 Å². The average Bonchev–Trinajstić information content (AvgIpc) is 2.55. The molecule has 1 aromatic rings. The zero-order chi connectivity index (χ0) is 11.8. The minimum absolute atomic E-state index is 0.319. The van der Waals surface area contributed by atoms with Crippen molar-refractivity contribution in [2.45, 2.75) is 43.9 Å². The highest BCUT2D eigenvalue weighted by atomic mass is 16.5. The summed E-state index contributed by atoms with van der Waals surface area (Å²) in [6.07, 6.45) is 6.85. The minimum Gasteiger partial charge on any atom is -0.474 e. The van der Waals surface area contributed by atoms with E-state index in [0.717, 1.165) is 12.8 Å². The second-order valence-corrected chi connectivity index (χ2v) is 5.19. The largest absolute Gasteiger partial charge is 0.474 e. The van der Waals surface area contributed by atoms with Gasteiger partial charge in [0.2, 0.25) is 5.88 Å². The van der Waals surface area contributed by atoms with Gasteiger partial charge >= 0.3 is 0 Å².